The average molecular weight is 419 g/mol. The van der Waals surface area contributed by atoms with Crippen LogP contribution >= 0.6 is 12.4 Å². The lowest BCUT2D eigenvalue weighted by molar-refractivity contribution is -0.0147. The van der Waals surface area contributed by atoms with Crippen LogP contribution in [0.2, 0.25) is 0 Å². The van der Waals surface area contributed by atoms with Crippen LogP contribution in [0.1, 0.15) is 24.0 Å². The summed E-state index contributed by atoms with van der Waals surface area (Å²) < 4.78 is 17.7. The molecule has 158 valence electrons. The number of nitrogens with zero attached hydrogens (tertiary/aromatic N) is 2. The van der Waals surface area contributed by atoms with Gasteiger partial charge in [-0.25, -0.2) is 0 Å². The van der Waals surface area contributed by atoms with Crippen molar-refractivity contribution in [2.75, 3.05) is 40.9 Å². The summed E-state index contributed by atoms with van der Waals surface area (Å²) in [6, 6.07) is 14.5. The van der Waals surface area contributed by atoms with E-state index in [9.17, 15) is 0 Å². The molecule has 2 aromatic rings. The molecule has 2 aromatic carbocycles. The number of rotatable bonds is 4. The minimum atomic E-state index is -0.134. The lowest BCUT2D eigenvalue weighted by Gasteiger charge is -2.42. The molecule has 1 spiro atoms. The molecule has 2 heterocycles. The van der Waals surface area contributed by atoms with Crippen molar-refractivity contribution in [2.24, 2.45) is 0 Å². The van der Waals surface area contributed by atoms with Crippen LogP contribution in [0, 0.1) is 0 Å². The number of likely N-dealkylation sites (tertiary alicyclic amines) is 1. The summed E-state index contributed by atoms with van der Waals surface area (Å²) >= 11 is 0. The monoisotopic (exact) mass is 418 g/mol. The van der Waals surface area contributed by atoms with Crippen molar-refractivity contribution in [1.29, 1.82) is 0 Å². The molecule has 29 heavy (non-hydrogen) atoms. The summed E-state index contributed by atoms with van der Waals surface area (Å²) in [4.78, 5) is 4.88. The van der Waals surface area contributed by atoms with E-state index in [0.29, 0.717) is 0 Å². The molecule has 0 amide bonds. The first-order valence-electron chi connectivity index (χ1n) is 9.99. The fourth-order valence-corrected chi connectivity index (χ4v) is 4.35. The summed E-state index contributed by atoms with van der Waals surface area (Å²) in [5, 5.41) is 0. The maximum Gasteiger partial charge on any atom is 0.124 e. The van der Waals surface area contributed by atoms with Gasteiger partial charge in [-0.05, 0) is 31.3 Å². The molecule has 0 bridgehead atoms. The Bertz CT molecular complexity index is 822. The maximum atomic E-state index is 6.68. The molecule has 0 aromatic heterocycles. The molecule has 0 N–H and O–H groups in total. The predicted molar refractivity (Wildman–Crippen MR) is 117 cm³/mol. The Balaban J connectivity index is 0.00000240. The van der Waals surface area contributed by atoms with E-state index in [-0.39, 0.29) is 18.0 Å². The van der Waals surface area contributed by atoms with Crippen molar-refractivity contribution in [2.45, 2.75) is 31.5 Å². The van der Waals surface area contributed by atoms with Gasteiger partial charge in [0.15, 0.2) is 0 Å². The van der Waals surface area contributed by atoms with Gasteiger partial charge in [-0.3, -0.25) is 4.90 Å². The molecule has 0 radical (unpaired) electrons. The van der Waals surface area contributed by atoms with Crippen molar-refractivity contribution in [1.82, 2.24) is 9.80 Å². The fourth-order valence-electron chi connectivity index (χ4n) is 4.35. The maximum absolute atomic E-state index is 6.68. The number of benzene rings is 2. The smallest absolute Gasteiger partial charge is 0.124 e. The summed E-state index contributed by atoms with van der Waals surface area (Å²) in [5.41, 5.74) is 2.26. The van der Waals surface area contributed by atoms with E-state index < -0.39 is 0 Å². The predicted octanol–water partition coefficient (Wildman–Crippen LogP) is 3.98. The van der Waals surface area contributed by atoms with Gasteiger partial charge >= 0.3 is 0 Å². The third-order valence-electron chi connectivity index (χ3n) is 5.98. The number of halogens is 1. The normalized spacial score (nSPS) is 18.9. The highest BCUT2D eigenvalue weighted by Crippen LogP contribution is 2.36. The van der Waals surface area contributed by atoms with E-state index in [1.165, 1.54) is 5.56 Å². The topological polar surface area (TPSA) is 34.2 Å². The minimum absolute atomic E-state index is 0. The van der Waals surface area contributed by atoms with E-state index in [0.717, 1.165) is 68.4 Å². The fraction of sp³-hybridized carbons (Fsp3) is 0.478. The molecule has 4 rings (SSSR count). The SMILES string of the molecule is COc1ccc(OC)c(CN2Cc3ccccc3OC3(CCN(C)CC3)C2)c1.Cl. The summed E-state index contributed by atoms with van der Waals surface area (Å²) in [6.07, 6.45) is 2.09. The molecular weight excluding hydrogens is 388 g/mol. The molecule has 0 unspecified atom stereocenters. The van der Waals surface area contributed by atoms with Crippen molar-refractivity contribution in [3.8, 4) is 17.2 Å². The third-order valence-corrected chi connectivity index (χ3v) is 5.98. The first-order chi connectivity index (χ1) is 13.6. The molecule has 1 saturated heterocycles. The van der Waals surface area contributed by atoms with Crippen LogP contribution in [0.5, 0.6) is 17.2 Å². The highest BCUT2D eigenvalue weighted by atomic mass is 35.5. The van der Waals surface area contributed by atoms with Gasteiger partial charge in [0.1, 0.15) is 22.8 Å². The number of hydrogen-bond donors (Lipinski definition) is 0. The molecule has 2 aliphatic rings. The second-order valence-corrected chi connectivity index (χ2v) is 8.02. The second kappa shape index (κ2) is 9.24. The number of hydrogen-bond acceptors (Lipinski definition) is 5. The molecule has 2 aliphatic heterocycles. The summed E-state index contributed by atoms with van der Waals surface area (Å²) in [5.74, 6) is 2.79. The van der Waals surface area contributed by atoms with Crippen molar-refractivity contribution in [3.05, 3.63) is 53.6 Å². The van der Waals surface area contributed by atoms with E-state index >= 15 is 0 Å². The quantitative estimate of drug-likeness (QED) is 0.750. The number of methoxy groups -OCH3 is 2. The van der Waals surface area contributed by atoms with Crippen LogP contribution in [0.4, 0.5) is 0 Å². The van der Waals surface area contributed by atoms with Crippen LogP contribution in [-0.4, -0.2) is 56.3 Å². The number of fused-ring (bicyclic) bond motifs is 1. The largest absolute Gasteiger partial charge is 0.497 e. The highest BCUT2D eigenvalue weighted by Gasteiger charge is 2.40. The highest BCUT2D eigenvalue weighted by molar-refractivity contribution is 5.85. The number of piperidine rings is 1. The van der Waals surface area contributed by atoms with E-state index in [1.807, 2.05) is 12.1 Å². The van der Waals surface area contributed by atoms with Gasteiger partial charge in [0.05, 0.1) is 14.2 Å². The molecular formula is C23H31ClN2O3. The standard InChI is InChI=1S/C23H30N2O3.ClH/c1-24-12-10-23(11-13-24)17-25(15-18-6-4-5-7-22(18)28-23)16-19-14-20(26-2)8-9-21(19)27-3;/h4-9,14H,10-13,15-17H2,1-3H3;1H. The molecule has 0 saturated carbocycles. The Morgan fingerprint density at radius 1 is 1.03 bits per heavy atom. The van der Waals surface area contributed by atoms with Gasteiger partial charge in [-0.1, -0.05) is 18.2 Å². The van der Waals surface area contributed by atoms with Gasteiger partial charge < -0.3 is 19.1 Å². The first-order valence-corrected chi connectivity index (χ1v) is 9.99. The van der Waals surface area contributed by atoms with E-state index in [1.54, 1.807) is 14.2 Å². The Labute approximate surface area is 180 Å². The van der Waals surface area contributed by atoms with Crippen LogP contribution in [-0.2, 0) is 13.1 Å². The van der Waals surface area contributed by atoms with Gasteiger partial charge in [-0.15, -0.1) is 12.4 Å². The zero-order valence-electron chi connectivity index (χ0n) is 17.5. The van der Waals surface area contributed by atoms with Gasteiger partial charge in [-0.2, -0.15) is 0 Å². The second-order valence-electron chi connectivity index (χ2n) is 8.02. The van der Waals surface area contributed by atoms with Crippen LogP contribution in [0.25, 0.3) is 0 Å². The minimum Gasteiger partial charge on any atom is -0.497 e. The Morgan fingerprint density at radius 3 is 2.52 bits per heavy atom. The molecule has 0 aliphatic carbocycles. The average Bonchev–Trinajstić information content (AvgIpc) is 2.86. The van der Waals surface area contributed by atoms with E-state index in [2.05, 4.69) is 47.2 Å². The molecule has 0 atom stereocenters. The molecule has 6 heteroatoms. The van der Waals surface area contributed by atoms with Gasteiger partial charge in [0.25, 0.3) is 0 Å². The Hall–Kier alpha value is -1.95. The zero-order chi connectivity index (χ0) is 19.6. The molecule has 5 nitrogen and oxygen atoms in total. The van der Waals surface area contributed by atoms with E-state index in [4.69, 9.17) is 14.2 Å². The summed E-state index contributed by atoms with van der Waals surface area (Å²) in [7, 11) is 5.62. The first kappa shape index (κ1) is 21.8. The molecule has 1 fully saturated rings. The van der Waals surface area contributed by atoms with Crippen molar-refractivity contribution < 1.29 is 14.2 Å². The van der Waals surface area contributed by atoms with Crippen LogP contribution < -0.4 is 14.2 Å². The van der Waals surface area contributed by atoms with Gasteiger partial charge in [0, 0.05) is 56.7 Å². The lowest BCUT2D eigenvalue weighted by Crippen LogP contribution is -2.52. The summed E-state index contributed by atoms with van der Waals surface area (Å²) in [6.45, 7) is 4.72. The number of para-hydroxylation sites is 1. The zero-order valence-corrected chi connectivity index (χ0v) is 18.3. The number of ether oxygens (including phenoxy) is 3. The van der Waals surface area contributed by atoms with Crippen LogP contribution in [0.15, 0.2) is 42.5 Å². The van der Waals surface area contributed by atoms with Crippen molar-refractivity contribution >= 4 is 12.4 Å². The van der Waals surface area contributed by atoms with Crippen LogP contribution in [0.3, 0.4) is 0 Å². The van der Waals surface area contributed by atoms with Gasteiger partial charge in [0.2, 0.25) is 0 Å². The van der Waals surface area contributed by atoms with Crippen molar-refractivity contribution in [3.63, 3.8) is 0 Å². The lowest BCUT2D eigenvalue weighted by atomic mass is 9.90. The third kappa shape index (κ3) is 4.80. The Kier molecular flexibility index (Phi) is 6.93. The Morgan fingerprint density at radius 2 is 1.79 bits per heavy atom.